The van der Waals surface area contributed by atoms with Gasteiger partial charge in [0, 0.05) is 13.6 Å². The van der Waals surface area contributed by atoms with Gasteiger partial charge < -0.3 is 24.4 Å². The van der Waals surface area contributed by atoms with E-state index in [0.29, 0.717) is 5.82 Å². The Morgan fingerprint density at radius 3 is 2.44 bits per heavy atom. The Hall–Kier alpha value is -1.85. The van der Waals surface area contributed by atoms with Crippen LogP contribution in [0.15, 0.2) is 12.4 Å². The SMILES string of the molecule is CN(C(=O)OC(C)(C)C)[C@@H]1CN(c2cnc(C(=O)[O-])cn2)C[C@H]1F.[Li+]. The van der Waals surface area contributed by atoms with Gasteiger partial charge in [-0.25, -0.2) is 19.2 Å². The van der Waals surface area contributed by atoms with Gasteiger partial charge in [-0.2, -0.15) is 0 Å². The maximum atomic E-state index is 14.3. The number of carbonyl (C=O) groups is 2. The van der Waals surface area contributed by atoms with Crippen LogP contribution in [0.5, 0.6) is 0 Å². The molecule has 1 aliphatic heterocycles. The third-order valence-electron chi connectivity index (χ3n) is 3.57. The van der Waals surface area contributed by atoms with Crippen LogP contribution >= 0.6 is 0 Å². The van der Waals surface area contributed by atoms with Crippen molar-refractivity contribution in [2.75, 3.05) is 25.0 Å². The molecule has 0 bridgehead atoms. The van der Waals surface area contributed by atoms with Crippen molar-refractivity contribution in [1.82, 2.24) is 14.9 Å². The summed E-state index contributed by atoms with van der Waals surface area (Å²) in [6.45, 7) is 5.44. The van der Waals surface area contributed by atoms with Gasteiger partial charge in [0.05, 0.1) is 30.9 Å². The van der Waals surface area contributed by atoms with Crippen LogP contribution < -0.4 is 28.9 Å². The molecule has 1 saturated heterocycles. The standard InChI is InChI=1S/C15H21FN4O4.Li/c1-15(2,3)24-14(23)19(4)11-8-20(7-9(11)16)12-6-17-10(5-18-12)13(21)22;/h5-6,9,11H,7-8H2,1-4H3,(H,21,22);/q;+1/p-1/t9-,11-;/m1./s1. The molecule has 0 unspecified atom stereocenters. The first-order chi connectivity index (χ1) is 11.1. The van der Waals surface area contributed by atoms with Gasteiger partial charge in [0.1, 0.15) is 23.3 Å². The Morgan fingerprint density at radius 1 is 1.32 bits per heavy atom. The minimum atomic E-state index is -1.43. The maximum Gasteiger partial charge on any atom is 1.00 e. The van der Waals surface area contributed by atoms with Gasteiger partial charge in [-0.15, -0.1) is 0 Å². The molecule has 1 aliphatic rings. The molecule has 25 heavy (non-hydrogen) atoms. The quantitative estimate of drug-likeness (QED) is 0.547. The fourth-order valence-electron chi connectivity index (χ4n) is 2.36. The van der Waals surface area contributed by atoms with Crippen molar-refractivity contribution in [2.24, 2.45) is 0 Å². The second-order valence-corrected chi connectivity index (χ2v) is 6.63. The van der Waals surface area contributed by atoms with Gasteiger partial charge >= 0.3 is 25.0 Å². The number of carboxylic acid groups (broad SMARTS) is 1. The molecular formula is C15H20FLiN4O4. The molecule has 2 rings (SSSR count). The number of likely N-dealkylation sites (N-methyl/N-ethyl adjacent to an activating group) is 1. The third kappa shape index (κ3) is 5.31. The Balaban J connectivity index is 0.00000312. The number of rotatable bonds is 3. The monoisotopic (exact) mass is 346 g/mol. The van der Waals surface area contributed by atoms with Gasteiger partial charge in [-0.05, 0) is 20.8 Å². The minimum absolute atomic E-state index is 0. The van der Waals surface area contributed by atoms with E-state index in [1.54, 1.807) is 25.7 Å². The molecule has 1 fully saturated rings. The molecule has 8 nitrogen and oxygen atoms in total. The van der Waals surface area contributed by atoms with Gasteiger partial charge in [0.25, 0.3) is 0 Å². The van der Waals surface area contributed by atoms with Gasteiger partial charge in [-0.3, -0.25) is 0 Å². The average Bonchev–Trinajstić information content (AvgIpc) is 2.86. The molecular weight excluding hydrogens is 326 g/mol. The molecule has 1 aromatic rings. The number of hydrogen-bond acceptors (Lipinski definition) is 7. The number of amides is 1. The van der Waals surface area contributed by atoms with Crippen molar-refractivity contribution in [1.29, 1.82) is 0 Å². The molecule has 0 aliphatic carbocycles. The summed E-state index contributed by atoms with van der Waals surface area (Å²) in [7, 11) is 1.49. The summed E-state index contributed by atoms with van der Waals surface area (Å²) in [6, 6.07) is -0.692. The maximum absolute atomic E-state index is 14.3. The first kappa shape index (κ1) is 21.2. The number of anilines is 1. The van der Waals surface area contributed by atoms with E-state index >= 15 is 0 Å². The smallest absolute Gasteiger partial charge is 0.543 e. The van der Waals surface area contributed by atoms with Crippen LogP contribution in [0.4, 0.5) is 15.0 Å². The van der Waals surface area contributed by atoms with Gasteiger partial charge in [0.15, 0.2) is 0 Å². The second kappa shape index (κ2) is 8.02. The predicted molar refractivity (Wildman–Crippen MR) is 81.3 cm³/mol. The summed E-state index contributed by atoms with van der Waals surface area (Å²) in [6.07, 6.45) is 0.414. The predicted octanol–water partition coefficient (Wildman–Crippen LogP) is -2.76. The summed E-state index contributed by atoms with van der Waals surface area (Å²) in [5.74, 6) is -1.09. The molecule has 0 saturated carbocycles. The molecule has 1 amide bonds. The van der Waals surface area contributed by atoms with E-state index < -0.39 is 29.9 Å². The molecule has 1 aromatic heterocycles. The molecule has 2 atom stereocenters. The Morgan fingerprint density at radius 2 is 1.96 bits per heavy atom. The van der Waals surface area contributed by atoms with Crippen LogP contribution in [0.25, 0.3) is 0 Å². The van der Waals surface area contributed by atoms with Crippen molar-refractivity contribution < 1.29 is 42.7 Å². The second-order valence-electron chi connectivity index (χ2n) is 6.63. The Kier molecular flexibility index (Phi) is 6.80. The molecule has 10 heteroatoms. The molecule has 2 heterocycles. The molecule has 132 valence electrons. The first-order valence-corrected chi connectivity index (χ1v) is 7.46. The topological polar surface area (TPSA) is 98.7 Å². The van der Waals surface area contributed by atoms with E-state index in [-0.39, 0.29) is 37.6 Å². The number of hydrogen-bond donors (Lipinski definition) is 0. The first-order valence-electron chi connectivity index (χ1n) is 7.46. The number of carbonyl (C=O) groups excluding carboxylic acids is 2. The molecule has 0 spiro atoms. The number of aromatic carboxylic acids is 1. The average molecular weight is 346 g/mol. The normalized spacial score (nSPS) is 20.0. The third-order valence-corrected chi connectivity index (χ3v) is 3.57. The van der Waals surface area contributed by atoms with Crippen LogP contribution in [0.1, 0.15) is 31.3 Å². The Bertz CT molecular complexity index is 623. The van der Waals surface area contributed by atoms with Crippen LogP contribution in [0.3, 0.4) is 0 Å². The van der Waals surface area contributed by atoms with Crippen molar-refractivity contribution in [3.8, 4) is 0 Å². The van der Waals surface area contributed by atoms with Gasteiger partial charge in [0.2, 0.25) is 0 Å². The summed E-state index contributed by atoms with van der Waals surface area (Å²) in [4.78, 5) is 33.2. The number of aromatic nitrogens is 2. The number of carboxylic acids is 1. The van der Waals surface area contributed by atoms with E-state index in [0.717, 1.165) is 6.20 Å². The summed E-state index contributed by atoms with van der Waals surface area (Å²) in [5.41, 5.74) is -0.959. The van der Waals surface area contributed by atoms with E-state index in [1.807, 2.05) is 0 Å². The fraction of sp³-hybridized carbons (Fsp3) is 0.600. The zero-order chi connectivity index (χ0) is 18.1. The molecule has 0 N–H and O–H groups in total. The number of alkyl halides is 1. The van der Waals surface area contributed by atoms with Crippen molar-refractivity contribution in [3.63, 3.8) is 0 Å². The molecule has 0 aromatic carbocycles. The van der Waals surface area contributed by atoms with E-state index in [4.69, 9.17) is 4.74 Å². The van der Waals surface area contributed by atoms with Gasteiger partial charge in [-0.1, -0.05) is 0 Å². The van der Waals surface area contributed by atoms with Crippen LogP contribution in [-0.2, 0) is 4.74 Å². The zero-order valence-corrected chi connectivity index (χ0v) is 15.0. The van der Waals surface area contributed by atoms with E-state index in [9.17, 15) is 19.1 Å². The largest absolute Gasteiger partial charge is 1.00 e. The van der Waals surface area contributed by atoms with Crippen molar-refractivity contribution in [3.05, 3.63) is 18.1 Å². The van der Waals surface area contributed by atoms with E-state index in [2.05, 4.69) is 9.97 Å². The minimum Gasteiger partial charge on any atom is -0.543 e. The number of nitrogens with zero attached hydrogens (tertiary/aromatic N) is 4. The number of ether oxygens (including phenoxy) is 1. The fourth-order valence-corrected chi connectivity index (χ4v) is 2.36. The van der Waals surface area contributed by atoms with Crippen LogP contribution in [0, 0.1) is 0 Å². The van der Waals surface area contributed by atoms with Crippen LogP contribution in [-0.4, -0.2) is 64.9 Å². The van der Waals surface area contributed by atoms with Crippen molar-refractivity contribution >= 4 is 17.9 Å². The number of halogens is 1. The molecule has 0 radical (unpaired) electrons. The Labute approximate surface area is 157 Å². The summed E-state index contributed by atoms with van der Waals surface area (Å²) >= 11 is 0. The zero-order valence-electron chi connectivity index (χ0n) is 15.0. The summed E-state index contributed by atoms with van der Waals surface area (Å²) in [5, 5.41) is 10.7. The van der Waals surface area contributed by atoms with Crippen LogP contribution in [0.2, 0.25) is 0 Å². The van der Waals surface area contributed by atoms with Crippen molar-refractivity contribution in [2.45, 2.75) is 38.6 Å². The van der Waals surface area contributed by atoms with E-state index in [1.165, 1.54) is 18.1 Å². The summed E-state index contributed by atoms with van der Waals surface area (Å²) < 4.78 is 19.6.